The van der Waals surface area contributed by atoms with E-state index in [2.05, 4.69) is 26.1 Å². The van der Waals surface area contributed by atoms with Gasteiger partial charge in [0.25, 0.3) is 5.91 Å². The Bertz CT molecular complexity index is 1100. The zero-order valence-electron chi connectivity index (χ0n) is 16.2. The van der Waals surface area contributed by atoms with E-state index >= 15 is 0 Å². The maximum absolute atomic E-state index is 14.4. The zero-order chi connectivity index (χ0) is 19.8. The van der Waals surface area contributed by atoms with Crippen molar-refractivity contribution in [2.75, 3.05) is 18.0 Å². The molecule has 1 aliphatic carbocycles. The normalized spacial score (nSPS) is 25.0. The van der Waals surface area contributed by atoms with Crippen molar-refractivity contribution in [2.45, 2.75) is 43.4 Å². The smallest absolute Gasteiger partial charge is 0.260 e. The number of alkyl halides is 1. The monoisotopic (exact) mass is 395 g/mol. The first-order valence-corrected chi connectivity index (χ1v) is 10.1. The molecule has 6 rings (SSSR count). The molecule has 0 spiro atoms. The van der Waals surface area contributed by atoms with Crippen LogP contribution in [0.15, 0.2) is 31.0 Å². The van der Waals surface area contributed by atoms with Gasteiger partial charge in [0.1, 0.15) is 11.8 Å². The van der Waals surface area contributed by atoms with Gasteiger partial charge < -0.3 is 9.80 Å². The van der Waals surface area contributed by atoms with Crippen LogP contribution >= 0.6 is 0 Å². The van der Waals surface area contributed by atoms with Crippen molar-refractivity contribution in [2.24, 2.45) is 7.05 Å². The molecule has 3 aliphatic rings. The molecule has 29 heavy (non-hydrogen) atoms. The number of carbonyl (C=O) groups is 1. The van der Waals surface area contributed by atoms with E-state index in [1.54, 1.807) is 11.0 Å². The maximum Gasteiger partial charge on any atom is 0.260 e. The van der Waals surface area contributed by atoms with Crippen LogP contribution in [0.1, 0.15) is 25.7 Å². The number of carbonyl (C=O) groups excluding carboxylic acids is 1. The Kier molecular flexibility index (Phi) is 3.37. The lowest BCUT2D eigenvalue weighted by Crippen LogP contribution is -2.58. The van der Waals surface area contributed by atoms with Gasteiger partial charge in [0.15, 0.2) is 11.5 Å². The van der Waals surface area contributed by atoms with Crippen LogP contribution in [-0.2, 0) is 11.8 Å². The number of anilines is 1. The molecule has 3 aromatic heterocycles. The topological polar surface area (TPSA) is 71.6 Å². The van der Waals surface area contributed by atoms with Crippen LogP contribution in [0.2, 0.25) is 0 Å². The highest BCUT2D eigenvalue weighted by molar-refractivity contribution is 5.89. The van der Waals surface area contributed by atoms with Crippen LogP contribution in [0.3, 0.4) is 0 Å². The fourth-order valence-electron chi connectivity index (χ4n) is 4.85. The average molecular weight is 395 g/mol. The molecule has 0 aromatic carbocycles. The second-order valence-corrected chi connectivity index (χ2v) is 8.51. The molecule has 0 radical (unpaired) electrons. The summed E-state index contributed by atoms with van der Waals surface area (Å²) in [5.74, 6) is 0.569. The fraction of sp³-hybridized carbons (Fsp3) is 0.500. The Balaban J connectivity index is 1.32. The van der Waals surface area contributed by atoms with Crippen molar-refractivity contribution in [3.05, 3.63) is 31.0 Å². The third-order valence-corrected chi connectivity index (χ3v) is 6.51. The second-order valence-electron chi connectivity index (χ2n) is 8.51. The highest BCUT2D eigenvalue weighted by Crippen LogP contribution is 2.45. The Morgan fingerprint density at radius 2 is 1.90 bits per heavy atom. The number of fused-ring (bicyclic) bond motifs is 3. The van der Waals surface area contributed by atoms with E-state index < -0.39 is 5.67 Å². The third kappa shape index (κ3) is 2.56. The highest BCUT2D eigenvalue weighted by atomic mass is 19.1. The molecule has 3 aromatic rings. The maximum atomic E-state index is 14.4. The molecule has 2 atom stereocenters. The predicted molar refractivity (Wildman–Crippen MR) is 104 cm³/mol. The van der Waals surface area contributed by atoms with E-state index in [4.69, 9.17) is 0 Å². The van der Waals surface area contributed by atoms with E-state index in [0.717, 1.165) is 35.3 Å². The molecule has 2 aliphatic heterocycles. The van der Waals surface area contributed by atoms with E-state index in [0.29, 0.717) is 25.9 Å². The standard InChI is InChI=1S/C20H22FN7O/c1-25-8-14(7-23-25)13-6-17-18(22-12-24-27(17)9-13)26-10-15-2-3-16(11-26)28(15)19(29)20(21)4-5-20/h6-9,12,15-16H,2-5,10-11H2,1H3. The summed E-state index contributed by atoms with van der Waals surface area (Å²) >= 11 is 0. The summed E-state index contributed by atoms with van der Waals surface area (Å²) in [6.45, 7) is 1.36. The minimum Gasteiger partial charge on any atom is -0.351 e. The molecule has 2 saturated heterocycles. The average Bonchev–Trinajstić information content (AvgIpc) is 3.04. The first-order valence-electron chi connectivity index (χ1n) is 10.1. The van der Waals surface area contributed by atoms with Gasteiger partial charge in [0, 0.05) is 55.7 Å². The first kappa shape index (κ1) is 16.9. The van der Waals surface area contributed by atoms with E-state index in [9.17, 15) is 9.18 Å². The summed E-state index contributed by atoms with van der Waals surface area (Å²) in [4.78, 5) is 21.3. The number of nitrogens with zero attached hydrogens (tertiary/aromatic N) is 7. The minimum absolute atomic E-state index is 0.0530. The predicted octanol–water partition coefficient (Wildman–Crippen LogP) is 1.81. The van der Waals surface area contributed by atoms with E-state index in [1.165, 1.54) is 0 Å². The summed E-state index contributed by atoms with van der Waals surface area (Å²) in [6, 6.07) is 2.18. The molecule has 9 heteroatoms. The molecular formula is C20H22FN7O. The largest absolute Gasteiger partial charge is 0.351 e. The molecule has 1 amide bonds. The lowest BCUT2D eigenvalue weighted by atomic mass is 10.1. The number of aryl methyl sites for hydroxylation is 1. The molecule has 8 nitrogen and oxygen atoms in total. The van der Waals surface area contributed by atoms with Crippen LogP contribution in [0, 0.1) is 0 Å². The van der Waals surface area contributed by atoms with Gasteiger partial charge in [-0.1, -0.05) is 0 Å². The molecule has 2 unspecified atom stereocenters. The highest BCUT2D eigenvalue weighted by Gasteiger charge is 2.57. The number of piperazine rings is 1. The van der Waals surface area contributed by atoms with Gasteiger partial charge in [-0.05, 0) is 31.7 Å². The number of hydrogen-bond donors (Lipinski definition) is 0. The summed E-state index contributed by atoms with van der Waals surface area (Å²) in [5.41, 5.74) is 1.39. The molecule has 1 saturated carbocycles. The first-order chi connectivity index (χ1) is 14.0. The van der Waals surface area contributed by atoms with Crippen LogP contribution < -0.4 is 4.90 Å². The van der Waals surface area contributed by atoms with Crippen LogP contribution in [0.4, 0.5) is 10.2 Å². The molecule has 0 N–H and O–H groups in total. The SMILES string of the molecule is Cn1cc(-c2cc3c(N4CC5CCC(C4)N5C(=O)C4(F)CC4)ncnn3c2)cn1. The van der Waals surface area contributed by atoms with Crippen molar-refractivity contribution in [3.8, 4) is 11.1 Å². The van der Waals surface area contributed by atoms with Crippen LogP contribution in [0.25, 0.3) is 16.6 Å². The summed E-state index contributed by atoms with van der Waals surface area (Å²) in [6.07, 6.45) is 9.94. The quantitative estimate of drug-likeness (QED) is 0.676. The second kappa shape index (κ2) is 5.77. The molecular weight excluding hydrogens is 373 g/mol. The van der Waals surface area contributed by atoms with Gasteiger partial charge in [-0.25, -0.2) is 13.9 Å². The number of aromatic nitrogens is 5. The Hall–Kier alpha value is -2.97. The number of amides is 1. The van der Waals surface area contributed by atoms with E-state index in [1.807, 2.05) is 35.1 Å². The van der Waals surface area contributed by atoms with Gasteiger partial charge in [0.05, 0.1) is 6.20 Å². The van der Waals surface area contributed by atoms with Crippen molar-refractivity contribution < 1.29 is 9.18 Å². The zero-order valence-corrected chi connectivity index (χ0v) is 16.2. The van der Waals surface area contributed by atoms with Gasteiger partial charge in [-0.2, -0.15) is 10.2 Å². The van der Waals surface area contributed by atoms with Gasteiger partial charge in [-0.3, -0.25) is 9.48 Å². The lowest BCUT2D eigenvalue weighted by Gasteiger charge is -2.42. The minimum atomic E-state index is -1.59. The molecule has 2 bridgehead atoms. The van der Waals surface area contributed by atoms with Crippen LogP contribution in [0.5, 0.6) is 0 Å². The van der Waals surface area contributed by atoms with Gasteiger partial charge >= 0.3 is 0 Å². The Labute approximate surface area is 166 Å². The Morgan fingerprint density at radius 1 is 1.14 bits per heavy atom. The summed E-state index contributed by atoms with van der Waals surface area (Å²) in [7, 11) is 1.89. The number of rotatable bonds is 3. The van der Waals surface area contributed by atoms with Crippen LogP contribution in [-0.4, -0.2) is 66.0 Å². The Morgan fingerprint density at radius 3 is 2.55 bits per heavy atom. The lowest BCUT2D eigenvalue weighted by molar-refractivity contribution is -0.141. The number of halogens is 1. The van der Waals surface area contributed by atoms with Gasteiger partial charge in [-0.15, -0.1) is 0 Å². The summed E-state index contributed by atoms with van der Waals surface area (Å²) in [5, 5.41) is 8.61. The third-order valence-electron chi connectivity index (χ3n) is 6.51. The van der Waals surface area contributed by atoms with Gasteiger partial charge in [0.2, 0.25) is 0 Å². The molecule has 5 heterocycles. The van der Waals surface area contributed by atoms with Crippen molar-refractivity contribution in [1.29, 1.82) is 0 Å². The van der Waals surface area contributed by atoms with E-state index in [-0.39, 0.29) is 18.0 Å². The van der Waals surface area contributed by atoms with Crippen molar-refractivity contribution >= 4 is 17.2 Å². The molecule has 150 valence electrons. The van der Waals surface area contributed by atoms with Crippen molar-refractivity contribution in [1.82, 2.24) is 29.3 Å². The fourth-order valence-corrected chi connectivity index (χ4v) is 4.85. The number of hydrogen-bond acceptors (Lipinski definition) is 5. The summed E-state index contributed by atoms with van der Waals surface area (Å²) < 4.78 is 18.0. The molecule has 3 fully saturated rings. The van der Waals surface area contributed by atoms with Crippen molar-refractivity contribution in [3.63, 3.8) is 0 Å².